The van der Waals surface area contributed by atoms with Crippen LogP contribution in [0.3, 0.4) is 0 Å². The van der Waals surface area contributed by atoms with E-state index in [0.29, 0.717) is 47.8 Å². The van der Waals surface area contributed by atoms with Crippen molar-refractivity contribution in [1.29, 1.82) is 0 Å². The number of fused-ring (bicyclic) bond motifs is 1. The number of aromatic nitrogens is 3. The Labute approximate surface area is 233 Å². The van der Waals surface area contributed by atoms with Crippen molar-refractivity contribution in [3.05, 3.63) is 78.2 Å². The minimum Gasteiger partial charge on any atom is -0.438 e. The van der Waals surface area contributed by atoms with Crippen LogP contribution in [-0.4, -0.2) is 70.8 Å². The van der Waals surface area contributed by atoms with Crippen LogP contribution in [0.5, 0.6) is 11.6 Å². The maximum absolute atomic E-state index is 12.8. The summed E-state index contributed by atoms with van der Waals surface area (Å²) in [5, 5.41) is 6.16. The molecule has 2 aromatic heterocycles. The smallest absolute Gasteiger partial charge is 0.416 e. The molecule has 214 valence electrons. The molecular weight excluding hydrogens is 541 g/mol. The summed E-state index contributed by atoms with van der Waals surface area (Å²) >= 11 is 0. The predicted molar refractivity (Wildman–Crippen MR) is 144 cm³/mol. The van der Waals surface area contributed by atoms with Crippen molar-refractivity contribution < 1.29 is 32.2 Å². The quantitative estimate of drug-likeness (QED) is 0.326. The summed E-state index contributed by atoms with van der Waals surface area (Å²) in [5.41, 5.74) is 0.575. The standard InChI is InChI=1S/C28H27F3N6O4/c29-28(30,31)20-3-1-19(2-4-20)17-24(38)35-21-5-7-22(8-6-21)41-26-23-9-11-37(25(23)33-18-34-26)27(39)32-10-12-36-13-15-40-16-14-36/h1-9,11,18H,10,12-17H2,(H,32,39)(H,35,38). The van der Waals surface area contributed by atoms with E-state index >= 15 is 0 Å². The highest BCUT2D eigenvalue weighted by Gasteiger charge is 2.30. The van der Waals surface area contributed by atoms with E-state index in [1.165, 1.54) is 23.0 Å². The molecule has 1 saturated heterocycles. The number of hydrogen-bond donors (Lipinski definition) is 2. The van der Waals surface area contributed by atoms with Gasteiger partial charge >= 0.3 is 12.2 Å². The van der Waals surface area contributed by atoms with E-state index in [1.807, 2.05) is 0 Å². The molecule has 5 rings (SSSR count). The minimum absolute atomic E-state index is 0.0763. The van der Waals surface area contributed by atoms with Gasteiger partial charge in [-0.25, -0.2) is 14.8 Å². The average molecular weight is 569 g/mol. The molecule has 0 bridgehead atoms. The van der Waals surface area contributed by atoms with Crippen LogP contribution in [0.25, 0.3) is 11.0 Å². The molecule has 4 aromatic rings. The molecule has 2 N–H and O–H groups in total. The van der Waals surface area contributed by atoms with Gasteiger partial charge in [0.15, 0.2) is 5.65 Å². The Hall–Kier alpha value is -4.49. The van der Waals surface area contributed by atoms with Gasteiger partial charge in [-0.1, -0.05) is 12.1 Å². The molecule has 10 nitrogen and oxygen atoms in total. The van der Waals surface area contributed by atoms with Crippen LogP contribution in [0, 0.1) is 0 Å². The Balaban J connectivity index is 1.16. The highest BCUT2D eigenvalue weighted by molar-refractivity contribution is 5.93. The van der Waals surface area contributed by atoms with Crippen LogP contribution >= 0.6 is 0 Å². The van der Waals surface area contributed by atoms with E-state index in [9.17, 15) is 22.8 Å². The van der Waals surface area contributed by atoms with Gasteiger partial charge in [-0.2, -0.15) is 13.2 Å². The predicted octanol–water partition coefficient (Wildman–Crippen LogP) is 4.31. The van der Waals surface area contributed by atoms with Crippen molar-refractivity contribution in [1.82, 2.24) is 24.8 Å². The lowest BCUT2D eigenvalue weighted by Crippen LogP contribution is -2.42. The molecular formula is C28H27F3N6O4. The molecule has 0 atom stereocenters. The van der Waals surface area contributed by atoms with Gasteiger partial charge in [0.1, 0.15) is 12.1 Å². The molecule has 0 aliphatic carbocycles. The number of carbonyl (C=O) groups is 2. The number of hydrogen-bond acceptors (Lipinski definition) is 7. The zero-order chi connectivity index (χ0) is 28.8. The zero-order valence-corrected chi connectivity index (χ0v) is 21.9. The number of rotatable bonds is 8. The Morgan fingerprint density at radius 2 is 1.71 bits per heavy atom. The van der Waals surface area contributed by atoms with E-state index in [4.69, 9.17) is 9.47 Å². The third kappa shape index (κ3) is 7.18. The summed E-state index contributed by atoms with van der Waals surface area (Å²) in [6.07, 6.45) is -1.59. The van der Waals surface area contributed by atoms with Gasteiger partial charge < -0.3 is 20.1 Å². The third-order valence-corrected chi connectivity index (χ3v) is 6.47. The molecule has 1 aliphatic heterocycles. The first-order valence-electron chi connectivity index (χ1n) is 12.9. The summed E-state index contributed by atoms with van der Waals surface area (Å²) in [6.45, 7) is 4.28. The van der Waals surface area contributed by atoms with Crippen molar-refractivity contribution in [3.8, 4) is 11.6 Å². The lowest BCUT2D eigenvalue weighted by Gasteiger charge is -2.26. The topological polar surface area (TPSA) is 111 Å². The van der Waals surface area contributed by atoms with Crippen molar-refractivity contribution in [2.24, 2.45) is 0 Å². The van der Waals surface area contributed by atoms with E-state index in [0.717, 1.165) is 31.8 Å². The summed E-state index contributed by atoms with van der Waals surface area (Å²) in [7, 11) is 0. The van der Waals surface area contributed by atoms with Crippen LogP contribution in [0.1, 0.15) is 11.1 Å². The average Bonchev–Trinajstić information content (AvgIpc) is 3.40. The molecule has 13 heteroatoms. The molecule has 3 heterocycles. The summed E-state index contributed by atoms with van der Waals surface area (Å²) < 4.78 is 50.8. The first kappa shape index (κ1) is 28.1. The van der Waals surface area contributed by atoms with Gasteiger partial charge in [-0.3, -0.25) is 14.3 Å². The van der Waals surface area contributed by atoms with Crippen molar-refractivity contribution in [2.45, 2.75) is 12.6 Å². The highest BCUT2D eigenvalue weighted by atomic mass is 19.4. The number of morpholine rings is 1. The highest BCUT2D eigenvalue weighted by Crippen LogP contribution is 2.30. The number of ether oxygens (including phenoxy) is 2. The molecule has 1 fully saturated rings. The maximum atomic E-state index is 12.8. The van der Waals surface area contributed by atoms with Crippen LogP contribution in [0.2, 0.25) is 0 Å². The Bertz CT molecular complexity index is 1500. The number of carbonyl (C=O) groups excluding carboxylic acids is 2. The van der Waals surface area contributed by atoms with E-state index in [2.05, 4.69) is 25.5 Å². The second-order valence-electron chi connectivity index (χ2n) is 9.33. The Morgan fingerprint density at radius 3 is 2.41 bits per heavy atom. The number of nitrogens with zero attached hydrogens (tertiary/aromatic N) is 4. The lowest BCUT2D eigenvalue weighted by atomic mass is 10.1. The zero-order valence-electron chi connectivity index (χ0n) is 21.9. The number of halogens is 3. The molecule has 2 aromatic carbocycles. The molecule has 41 heavy (non-hydrogen) atoms. The number of alkyl halides is 3. The molecule has 0 spiro atoms. The third-order valence-electron chi connectivity index (χ3n) is 6.47. The first-order valence-corrected chi connectivity index (χ1v) is 12.9. The first-order chi connectivity index (χ1) is 19.8. The summed E-state index contributed by atoms with van der Waals surface area (Å²) in [6, 6.07) is 12.4. The van der Waals surface area contributed by atoms with Crippen molar-refractivity contribution in [3.63, 3.8) is 0 Å². The largest absolute Gasteiger partial charge is 0.438 e. The normalized spacial score (nSPS) is 14.1. The van der Waals surface area contributed by atoms with E-state index < -0.39 is 11.7 Å². The van der Waals surface area contributed by atoms with Crippen molar-refractivity contribution in [2.75, 3.05) is 44.7 Å². The Morgan fingerprint density at radius 1 is 0.976 bits per heavy atom. The number of amides is 2. The fourth-order valence-corrected chi connectivity index (χ4v) is 4.32. The van der Waals surface area contributed by atoms with Crippen molar-refractivity contribution >= 4 is 28.7 Å². The van der Waals surface area contributed by atoms with Crippen LogP contribution in [-0.2, 0) is 22.1 Å². The fraction of sp³-hybridized carbons (Fsp3) is 0.286. The SMILES string of the molecule is O=C(Cc1ccc(C(F)(F)F)cc1)Nc1ccc(Oc2ncnc3c2ccn3C(=O)NCCN2CCOCC2)cc1. The number of benzene rings is 2. The van der Waals surface area contributed by atoms with Gasteiger partial charge in [0.25, 0.3) is 0 Å². The molecule has 1 aliphatic rings. The van der Waals surface area contributed by atoms with Crippen LogP contribution < -0.4 is 15.4 Å². The molecule has 0 saturated carbocycles. The molecule has 0 unspecified atom stereocenters. The molecule has 2 amide bonds. The lowest BCUT2D eigenvalue weighted by molar-refractivity contribution is -0.137. The fourth-order valence-electron chi connectivity index (χ4n) is 4.32. The van der Waals surface area contributed by atoms with E-state index in [1.54, 1.807) is 36.5 Å². The van der Waals surface area contributed by atoms with Gasteiger partial charge in [0.2, 0.25) is 11.8 Å². The van der Waals surface area contributed by atoms with Gasteiger partial charge in [0, 0.05) is 38.1 Å². The monoisotopic (exact) mass is 568 g/mol. The number of anilines is 1. The minimum atomic E-state index is -4.43. The van der Waals surface area contributed by atoms with Gasteiger partial charge in [-0.15, -0.1) is 0 Å². The second-order valence-corrected chi connectivity index (χ2v) is 9.33. The Kier molecular flexibility index (Phi) is 8.45. The number of nitrogens with one attached hydrogen (secondary N) is 2. The van der Waals surface area contributed by atoms with Crippen LogP contribution in [0.4, 0.5) is 23.7 Å². The summed E-state index contributed by atoms with van der Waals surface area (Å²) in [5.74, 6) is 0.322. The second kappa shape index (κ2) is 12.4. The maximum Gasteiger partial charge on any atom is 0.416 e. The van der Waals surface area contributed by atoms with E-state index in [-0.39, 0.29) is 24.2 Å². The van der Waals surface area contributed by atoms with Gasteiger partial charge in [-0.05, 0) is 48.0 Å². The summed E-state index contributed by atoms with van der Waals surface area (Å²) in [4.78, 5) is 35.8. The van der Waals surface area contributed by atoms with Gasteiger partial charge in [0.05, 0.1) is 30.6 Å². The van der Waals surface area contributed by atoms with Crippen LogP contribution in [0.15, 0.2) is 67.1 Å². The molecule has 0 radical (unpaired) electrons.